The molecular weight excluding hydrogens is 224 g/mol. The van der Waals surface area contributed by atoms with Gasteiger partial charge in [-0.3, -0.25) is 4.98 Å². The molecule has 2 aromatic heterocycles. The maximum atomic E-state index is 9.32. The number of nitrogens with zero attached hydrogens (tertiary/aromatic N) is 1. The van der Waals surface area contributed by atoms with Crippen LogP contribution in [0.1, 0.15) is 0 Å². The van der Waals surface area contributed by atoms with Crippen LogP contribution in [0.2, 0.25) is 0 Å². The maximum absolute atomic E-state index is 9.32. The highest BCUT2D eigenvalue weighted by Gasteiger charge is 2.08. The summed E-state index contributed by atoms with van der Waals surface area (Å²) in [6.07, 6.45) is 5.46. The van der Waals surface area contributed by atoms with Crippen molar-refractivity contribution < 1.29 is 5.11 Å². The van der Waals surface area contributed by atoms with E-state index < -0.39 is 0 Å². The van der Waals surface area contributed by atoms with E-state index in [0.717, 1.165) is 22.4 Å². The van der Waals surface area contributed by atoms with E-state index in [4.69, 9.17) is 0 Å². The normalized spacial score (nSPS) is 10.4. The zero-order valence-electron chi connectivity index (χ0n) is 9.67. The summed E-state index contributed by atoms with van der Waals surface area (Å²) in [5.41, 5.74) is 4.34. The van der Waals surface area contributed by atoms with Crippen molar-refractivity contribution in [1.29, 1.82) is 0 Å². The molecule has 3 nitrogen and oxygen atoms in total. The number of hydrogen-bond donors (Lipinski definition) is 2. The van der Waals surface area contributed by atoms with Crippen molar-refractivity contribution >= 4 is 0 Å². The summed E-state index contributed by atoms with van der Waals surface area (Å²) < 4.78 is 0. The lowest BCUT2D eigenvalue weighted by Crippen LogP contribution is -1.82. The van der Waals surface area contributed by atoms with E-state index in [-0.39, 0.29) is 5.75 Å². The molecule has 0 spiro atoms. The Hall–Kier alpha value is -2.55. The summed E-state index contributed by atoms with van der Waals surface area (Å²) in [4.78, 5) is 7.27. The summed E-state index contributed by atoms with van der Waals surface area (Å²) >= 11 is 0. The summed E-state index contributed by atoms with van der Waals surface area (Å²) in [6.45, 7) is 0. The van der Waals surface area contributed by atoms with Crippen molar-refractivity contribution in [2.24, 2.45) is 0 Å². The predicted molar refractivity (Wildman–Crippen MR) is 71.1 cm³/mol. The first-order valence-electron chi connectivity index (χ1n) is 5.72. The fourth-order valence-electron chi connectivity index (χ4n) is 2.01. The van der Waals surface area contributed by atoms with Crippen molar-refractivity contribution in [3.63, 3.8) is 0 Å². The highest BCUT2D eigenvalue weighted by atomic mass is 16.3. The van der Waals surface area contributed by atoms with E-state index in [0.29, 0.717) is 0 Å². The number of aromatic amines is 1. The average Bonchev–Trinajstić information content (AvgIpc) is 2.90. The number of hydrogen-bond acceptors (Lipinski definition) is 2. The van der Waals surface area contributed by atoms with Gasteiger partial charge in [-0.25, -0.2) is 0 Å². The number of benzene rings is 1. The Labute approximate surface area is 105 Å². The molecule has 0 fully saturated rings. The Morgan fingerprint density at radius 1 is 0.833 bits per heavy atom. The largest absolute Gasteiger partial charge is 0.508 e. The van der Waals surface area contributed by atoms with Gasteiger partial charge < -0.3 is 10.1 Å². The molecule has 0 aliphatic rings. The molecule has 0 saturated heterocycles. The SMILES string of the molecule is Oc1ccc(-c2cc[nH]c2-c2ccncc2)cc1. The van der Waals surface area contributed by atoms with Gasteiger partial charge in [-0.05, 0) is 35.9 Å². The fraction of sp³-hybridized carbons (Fsp3) is 0. The monoisotopic (exact) mass is 236 g/mol. The minimum Gasteiger partial charge on any atom is -0.508 e. The molecule has 3 aromatic rings. The predicted octanol–water partition coefficient (Wildman–Crippen LogP) is 3.45. The van der Waals surface area contributed by atoms with Crippen LogP contribution in [0.25, 0.3) is 22.4 Å². The van der Waals surface area contributed by atoms with Gasteiger partial charge in [-0.15, -0.1) is 0 Å². The molecular formula is C15H12N2O. The lowest BCUT2D eigenvalue weighted by atomic mass is 10.0. The standard InChI is InChI=1S/C15H12N2O/c18-13-3-1-11(2-4-13)14-7-10-17-15(14)12-5-8-16-9-6-12/h1-10,17-18H. The molecule has 2 N–H and O–H groups in total. The third-order valence-electron chi connectivity index (χ3n) is 2.89. The van der Waals surface area contributed by atoms with Crippen LogP contribution in [0.15, 0.2) is 61.1 Å². The van der Waals surface area contributed by atoms with Gasteiger partial charge in [-0.1, -0.05) is 12.1 Å². The summed E-state index contributed by atoms with van der Waals surface area (Å²) in [7, 11) is 0. The van der Waals surface area contributed by atoms with E-state index in [2.05, 4.69) is 9.97 Å². The lowest BCUT2D eigenvalue weighted by molar-refractivity contribution is 0.475. The number of nitrogens with one attached hydrogen (secondary N) is 1. The molecule has 1 aromatic carbocycles. The first-order valence-corrected chi connectivity index (χ1v) is 5.72. The van der Waals surface area contributed by atoms with Crippen molar-refractivity contribution in [1.82, 2.24) is 9.97 Å². The van der Waals surface area contributed by atoms with Crippen LogP contribution >= 0.6 is 0 Å². The zero-order chi connectivity index (χ0) is 12.4. The topological polar surface area (TPSA) is 48.9 Å². The van der Waals surface area contributed by atoms with Gasteiger partial charge in [0.1, 0.15) is 5.75 Å². The second kappa shape index (κ2) is 4.37. The lowest BCUT2D eigenvalue weighted by Gasteiger charge is -2.04. The first-order chi connectivity index (χ1) is 8.84. The maximum Gasteiger partial charge on any atom is 0.115 e. The number of rotatable bonds is 2. The van der Waals surface area contributed by atoms with E-state index in [1.54, 1.807) is 24.5 Å². The molecule has 0 unspecified atom stereocenters. The van der Waals surface area contributed by atoms with Crippen LogP contribution in [0, 0.1) is 0 Å². The Balaban J connectivity index is 2.10. The molecule has 2 heterocycles. The van der Waals surface area contributed by atoms with Crippen LogP contribution in [0.3, 0.4) is 0 Å². The van der Waals surface area contributed by atoms with Crippen LogP contribution in [0.4, 0.5) is 0 Å². The number of pyridine rings is 1. The van der Waals surface area contributed by atoms with Crippen LogP contribution in [-0.2, 0) is 0 Å². The molecule has 0 bridgehead atoms. The van der Waals surface area contributed by atoms with Gasteiger partial charge in [0.15, 0.2) is 0 Å². The molecule has 0 aliphatic carbocycles. The van der Waals surface area contributed by atoms with Crippen molar-refractivity contribution in [2.45, 2.75) is 0 Å². The second-order valence-electron chi connectivity index (χ2n) is 4.05. The molecule has 0 amide bonds. The minimum atomic E-state index is 0.278. The van der Waals surface area contributed by atoms with Crippen LogP contribution in [0.5, 0.6) is 5.75 Å². The van der Waals surface area contributed by atoms with E-state index in [1.807, 2.05) is 36.5 Å². The minimum absolute atomic E-state index is 0.278. The Morgan fingerprint density at radius 2 is 1.56 bits per heavy atom. The first kappa shape index (κ1) is 10.6. The Bertz CT molecular complexity index is 642. The number of phenols is 1. The highest BCUT2D eigenvalue weighted by molar-refractivity contribution is 5.81. The third-order valence-corrected chi connectivity index (χ3v) is 2.89. The average molecular weight is 236 g/mol. The van der Waals surface area contributed by atoms with Gasteiger partial charge >= 0.3 is 0 Å². The summed E-state index contributed by atoms with van der Waals surface area (Å²) in [5, 5.41) is 9.32. The molecule has 0 radical (unpaired) electrons. The fourth-order valence-corrected chi connectivity index (χ4v) is 2.01. The van der Waals surface area contributed by atoms with Gasteiger partial charge in [0.05, 0.1) is 5.69 Å². The van der Waals surface area contributed by atoms with Crippen molar-refractivity contribution in [3.8, 4) is 28.1 Å². The quantitative estimate of drug-likeness (QED) is 0.716. The summed E-state index contributed by atoms with van der Waals surface area (Å²) in [6, 6.07) is 13.2. The summed E-state index contributed by atoms with van der Waals surface area (Å²) in [5.74, 6) is 0.278. The molecule has 18 heavy (non-hydrogen) atoms. The molecule has 0 aliphatic heterocycles. The van der Waals surface area contributed by atoms with Gasteiger partial charge in [0.2, 0.25) is 0 Å². The molecule has 0 saturated carbocycles. The second-order valence-corrected chi connectivity index (χ2v) is 4.05. The number of phenolic OH excluding ortho intramolecular Hbond substituents is 1. The molecule has 3 heteroatoms. The Kier molecular flexibility index (Phi) is 2.57. The van der Waals surface area contributed by atoms with Crippen LogP contribution in [-0.4, -0.2) is 15.1 Å². The van der Waals surface area contributed by atoms with E-state index in [9.17, 15) is 5.11 Å². The van der Waals surface area contributed by atoms with Crippen molar-refractivity contribution in [2.75, 3.05) is 0 Å². The number of aromatic nitrogens is 2. The molecule has 0 atom stereocenters. The van der Waals surface area contributed by atoms with E-state index >= 15 is 0 Å². The van der Waals surface area contributed by atoms with Gasteiger partial charge in [0, 0.05) is 29.7 Å². The Morgan fingerprint density at radius 3 is 2.28 bits per heavy atom. The highest BCUT2D eigenvalue weighted by Crippen LogP contribution is 2.31. The van der Waals surface area contributed by atoms with E-state index in [1.165, 1.54) is 0 Å². The smallest absolute Gasteiger partial charge is 0.115 e. The van der Waals surface area contributed by atoms with Crippen LogP contribution < -0.4 is 0 Å². The number of H-pyrrole nitrogens is 1. The van der Waals surface area contributed by atoms with Gasteiger partial charge in [-0.2, -0.15) is 0 Å². The van der Waals surface area contributed by atoms with Gasteiger partial charge in [0.25, 0.3) is 0 Å². The molecule has 88 valence electrons. The zero-order valence-corrected chi connectivity index (χ0v) is 9.67. The number of aromatic hydroxyl groups is 1. The van der Waals surface area contributed by atoms with Crippen molar-refractivity contribution in [3.05, 3.63) is 61.1 Å². The molecule has 3 rings (SSSR count). The third kappa shape index (κ3) is 1.86.